The molecule has 0 radical (unpaired) electrons. The lowest BCUT2D eigenvalue weighted by atomic mass is 10.3. The van der Waals surface area contributed by atoms with Crippen molar-refractivity contribution in [1.82, 2.24) is 5.32 Å². The van der Waals surface area contributed by atoms with Crippen LogP contribution in [-0.2, 0) is 4.74 Å². The third-order valence-electron chi connectivity index (χ3n) is 1.91. The van der Waals surface area contributed by atoms with E-state index in [0.29, 0.717) is 29.0 Å². The summed E-state index contributed by atoms with van der Waals surface area (Å²) in [6.07, 6.45) is 0. The Morgan fingerprint density at radius 3 is 2.69 bits per heavy atom. The van der Waals surface area contributed by atoms with Crippen molar-refractivity contribution in [2.24, 2.45) is 0 Å². The Kier molecular flexibility index (Phi) is 6.57. The van der Waals surface area contributed by atoms with Crippen molar-refractivity contribution in [3.63, 3.8) is 0 Å². The van der Waals surface area contributed by atoms with E-state index in [4.69, 9.17) is 32.7 Å². The SMILES string of the molecule is COCCNCCOc1cc(Cl)ccc1Cl. The zero-order valence-corrected chi connectivity index (χ0v) is 10.6. The maximum atomic E-state index is 5.93. The Balaban J connectivity index is 2.23. The van der Waals surface area contributed by atoms with Crippen molar-refractivity contribution in [3.05, 3.63) is 28.2 Å². The van der Waals surface area contributed by atoms with Crippen LogP contribution in [0.4, 0.5) is 0 Å². The van der Waals surface area contributed by atoms with Gasteiger partial charge >= 0.3 is 0 Å². The molecule has 0 saturated heterocycles. The number of hydrogen-bond acceptors (Lipinski definition) is 3. The molecule has 3 nitrogen and oxygen atoms in total. The van der Waals surface area contributed by atoms with Gasteiger partial charge in [-0.05, 0) is 12.1 Å². The highest BCUT2D eigenvalue weighted by Crippen LogP contribution is 2.27. The van der Waals surface area contributed by atoms with Gasteiger partial charge in [-0.1, -0.05) is 23.2 Å². The minimum atomic E-state index is 0.545. The van der Waals surface area contributed by atoms with E-state index in [1.54, 1.807) is 25.3 Å². The predicted octanol–water partition coefficient (Wildman–Crippen LogP) is 2.61. The Bertz CT molecular complexity index is 321. The summed E-state index contributed by atoms with van der Waals surface area (Å²) >= 11 is 11.8. The Labute approximate surface area is 106 Å². The van der Waals surface area contributed by atoms with Crippen LogP contribution in [0.15, 0.2) is 18.2 Å². The molecule has 0 unspecified atom stereocenters. The van der Waals surface area contributed by atoms with E-state index in [-0.39, 0.29) is 0 Å². The minimum Gasteiger partial charge on any atom is -0.491 e. The van der Waals surface area contributed by atoms with E-state index in [2.05, 4.69) is 5.32 Å². The molecule has 1 rings (SSSR count). The van der Waals surface area contributed by atoms with Crippen molar-refractivity contribution in [2.75, 3.05) is 33.4 Å². The van der Waals surface area contributed by atoms with Crippen LogP contribution in [0.25, 0.3) is 0 Å². The molecule has 1 aromatic carbocycles. The highest BCUT2D eigenvalue weighted by Gasteiger charge is 2.01. The molecule has 1 aromatic rings. The molecule has 0 aliphatic heterocycles. The van der Waals surface area contributed by atoms with E-state index in [9.17, 15) is 0 Å². The quantitative estimate of drug-likeness (QED) is 0.768. The number of halogens is 2. The first-order valence-corrected chi connectivity index (χ1v) is 5.77. The average molecular weight is 264 g/mol. The topological polar surface area (TPSA) is 30.5 Å². The number of hydrogen-bond donors (Lipinski definition) is 1. The van der Waals surface area contributed by atoms with Crippen LogP contribution in [0.2, 0.25) is 10.0 Å². The first-order valence-electron chi connectivity index (χ1n) is 5.01. The smallest absolute Gasteiger partial charge is 0.139 e. The summed E-state index contributed by atoms with van der Waals surface area (Å²) in [5.74, 6) is 0.614. The van der Waals surface area contributed by atoms with Gasteiger partial charge in [0.25, 0.3) is 0 Å². The first-order chi connectivity index (χ1) is 7.74. The van der Waals surface area contributed by atoms with E-state index >= 15 is 0 Å². The van der Waals surface area contributed by atoms with Crippen molar-refractivity contribution in [3.8, 4) is 5.75 Å². The second kappa shape index (κ2) is 7.74. The molecule has 0 heterocycles. The minimum absolute atomic E-state index is 0.545. The third kappa shape index (κ3) is 5.03. The number of benzene rings is 1. The van der Waals surface area contributed by atoms with Gasteiger partial charge in [-0.25, -0.2) is 0 Å². The van der Waals surface area contributed by atoms with Crippen molar-refractivity contribution >= 4 is 23.2 Å². The van der Waals surface area contributed by atoms with E-state index in [1.165, 1.54) is 0 Å². The average Bonchev–Trinajstić information content (AvgIpc) is 2.28. The largest absolute Gasteiger partial charge is 0.491 e. The van der Waals surface area contributed by atoms with E-state index in [1.807, 2.05) is 0 Å². The van der Waals surface area contributed by atoms with Gasteiger partial charge in [0.2, 0.25) is 0 Å². The fourth-order valence-corrected chi connectivity index (χ4v) is 1.45. The lowest BCUT2D eigenvalue weighted by molar-refractivity contribution is 0.197. The van der Waals surface area contributed by atoms with Crippen LogP contribution in [0.3, 0.4) is 0 Å². The molecule has 0 aliphatic rings. The zero-order chi connectivity index (χ0) is 11.8. The summed E-state index contributed by atoms with van der Waals surface area (Å²) in [5, 5.41) is 4.35. The van der Waals surface area contributed by atoms with Crippen LogP contribution in [-0.4, -0.2) is 33.4 Å². The number of nitrogens with one attached hydrogen (secondary N) is 1. The predicted molar refractivity (Wildman–Crippen MR) is 66.7 cm³/mol. The van der Waals surface area contributed by atoms with Crippen LogP contribution < -0.4 is 10.1 Å². The molecule has 0 bridgehead atoms. The molecule has 0 fully saturated rings. The molecule has 0 aromatic heterocycles. The van der Waals surface area contributed by atoms with Gasteiger partial charge in [-0.3, -0.25) is 0 Å². The molecule has 5 heteroatoms. The second-order valence-electron chi connectivity index (χ2n) is 3.17. The molecular formula is C11H15Cl2NO2. The van der Waals surface area contributed by atoms with Crippen LogP contribution in [0, 0.1) is 0 Å². The van der Waals surface area contributed by atoms with Crippen LogP contribution in [0.1, 0.15) is 0 Å². The fraction of sp³-hybridized carbons (Fsp3) is 0.455. The maximum absolute atomic E-state index is 5.93. The van der Waals surface area contributed by atoms with Gasteiger partial charge in [0.15, 0.2) is 0 Å². The van der Waals surface area contributed by atoms with E-state index < -0.39 is 0 Å². The molecule has 16 heavy (non-hydrogen) atoms. The van der Waals surface area contributed by atoms with E-state index in [0.717, 1.165) is 13.1 Å². The van der Waals surface area contributed by atoms with Crippen LogP contribution >= 0.6 is 23.2 Å². The van der Waals surface area contributed by atoms with Gasteiger partial charge < -0.3 is 14.8 Å². The van der Waals surface area contributed by atoms with Gasteiger partial charge in [0, 0.05) is 31.3 Å². The molecule has 0 amide bonds. The standard InChI is InChI=1S/C11H15Cl2NO2/c1-15-6-4-14-5-7-16-11-8-9(12)2-3-10(11)13/h2-3,8,14H,4-7H2,1H3. The summed E-state index contributed by atoms with van der Waals surface area (Å²) in [6.45, 7) is 2.79. The molecular weight excluding hydrogens is 249 g/mol. The summed E-state index contributed by atoms with van der Waals surface area (Å²) in [7, 11) is 1.67. The third-order valence-corrected chi connectivity index (χ3v) is 2.46. The van der Waals surface area contributed by atoms with Crippen molar-refractivity contribution in [2.45, 2.75) is 0 Å². The highest BCUT2D eigenvalue weighted by atomic mass is 35.5. The van der Waals surface area contributed by atoms with Crippen molar-refractivity contribution in [1.29, 1.82) is 0 Å². The van der Waals surface area contributed by atoms with Crippen molar-refractivity contribution < 1.29 is 9.47 Å². The molecule has 0 saturated carbocycles. The highest BCUT2D eigenvalue weighted by molar-refractivity contribution is 6.34. The van der Waals surface area contributed by atoms with Gasteiger partial charge in [0.1, 0.15) is 12.4 Å². The summed E-state index contributed by atoms with van der Waals surface area (Å²) < 4.78 is 10.4. The van der Waals surface area contributed by atoms with Crippen LogP contribution in [0.5, 0.6) is 5.75 Å². The Morgan fingerprint density at radius 2 is 1.94 bits per heavy atom. The molecule has 0 atom stereocenters. The number of ether oxygens (including phenoxy) is 2. The summed E-state index contributed by atoms with van der Waals surface area (Å²) in [4.78, 5) is 0. The second-order valence-corrected chi connectivity index (χ2v) is 4.01. The lowest BCUT2D eigenvalue weighted by Crippen LogP contribution is -2.24. The summed E-state index contributed by atoms with van der Waals surface area (Å²) in [5.41, 5.74) is 0. The molecule has 0 aliphatic carbocycles. The lowest BCUT2D eigenvalue weighted by Gasteiger charge is -2.09. The summed E-state index contributed by atoms with van der Waals surface area (Å²) in [6, 6.07) is 5.16. The molecule has 1 N–H and O–H groups in total. The number of rotatable bonds is 7. The van der Waals surface area contributed by atoms with Gasteiger partial charge in [-0.2, -0.15) is 0 Å². The monoisotopic (exact) mass is 263 g/mol. The normalized spacial score (nSPS) is 10.4. The fourth-order valence-electron chi connectivity index (χ4n) is 1.12. The maximum Gasteiger partial charge on any atom is 0.139 e. The van der Waals surface area contributed by atoms with Gasteiger partial charge in [0.05, 0.1) is 11.6 Å². The Hall–Kier alpha value is -0.480. The Morgan fingerprint density at radius 1 is 1.19 bits per heavy atom. The zero-order valence-electron chi connectivity index (χ0n) is 9.13. The molecule has 90 valence electrons. The van der Waals surface area contributed by atoms with Gasteiger partial charge in [-0.15, -0.1) is 0 Å². The number of methoxy groups -OCH3 is 1. The first kappa shape index (κ1) is 13.6. The molecule has 0 spiro atoms.